The molecule has 1 fully saturated rings. The van der Waals surface area contributed by atoms with Gasteiger partial charge in [0.2, 0.25) is 0 Å². The van der Waals surface area contributed by atoms with E-state index in [9.17, 15) is 4.39 Å². The Morgan fingerprint density at radius 2 is 2.13 bits per heavy atom. The van der Waals surface area contributed by atoms with E-state index in [1.54, 1.807) is 25.4 Å². The molecule has 7 nitrogen and oxygen atoms in total. The summed E-state index contributed by atoms with van der Waals surface area (Å²) in [5.74, 6) is -0.379. The fourth-order valence-electron chi connectivity index (χ4n) is 3.89. The van der Waals surface area contributed by atoms with Gasteiger partial charge in [0.1, 0.15) is 5.82 Å². The molecule has 30 heavy (non-hydrogen) atoms. The number of halogens is 1. The average Bonchev–Trinajstić information content (AvgIpc) is 2.75. The average molecular weight is 417 g/mol. The molecule has 6 N–H and O–H groups in total. The lowest BCUT2D eigenvalue weighted by molar-refractivity contribution is 0.0797. The zero-order chi connectivity index (χ0) is 21.5. The van der Waals surface area contributed by atoms with Crippen molar-refractivity contribution in [3.05, 3.63) is 47.0 Å². The van der Waals surface area contributed by atoms with Gasteiger partial charge in [-0.05, 0) is 49.6 Å². The molecule has 2 aliphatic rings. The first-order chi connectivity index (χ1) is 14.5. The molecule has 0 spiro atoms. The third kappa shape index (κ3) is 5.59. The van der Waals surface area contributed by atoms with E-state index in [1.807, 2.05) is 0 Å². The lowest BCUT2D eigenvalue weighted by atomic mass is 10.0. The minimum absolute atomic E-state index is 0.363. The number of hydrogen-bond acceptors (Lipinski definition) is 7. The van der Waals surface area contributed by atoms with Crippen LogP contribution in [0.5, 0.6) is 0 Å². The van der Waals surface area contributed by atoms with Crippen molar-refractivity contribution < 1.29 is 9.13 Å². The number of hydrogen-bond donors (Lipinski definition) is 4. The van der Waals surface area contributed by atoms with Gasteiger partial charge in [0.15, 0.2) is 0 Å². The second kappa shape index (κ2) is 10.6. The molecule has 3 rings (SSSR count). The molecule has 0 amide bonds. The van der Waals surface area contributed by atoms with Gasteiger partial charge < -0.3 is 31.7 Å². The SMILES string of the molecule is CN=CC(=CN)c1ccc(NC(N)C2=C(NC3CCOCC3)CCN(C)C2)c(F)c1. The van der Waals surface area contributed by atoms with Crippen molar-refractivity contribution in [2.75, 3.05) is 45.7 Å². The number of nitrogens with two attached hydrogens (primary N) is 2. The van der Waals surface area contributed by atoms with Gasteiger partial charge in [-0.15, -0.1) is 0 Å². The maximum atomic E-state index is 14.8. The standard InChI is InChI=1S/C22H33FN6O/c1-26-13-16(12-24)15-3-4-21(19(23)11-15)28-22(25)18-14-29(2)8-5-20(18)27-17-6-9-30-10-7-17/h3-4,11-13,17,22,27-28H,5-10,14,24-25H2,1-2H3. The molecule has 0 radical (unpaired) electrons. The van der Waals surface area contributed by atoms with Crippen molar-refractivity contribution in [3.8, 4) is 0 Å². The lowest BCUT2D eigenvalue weighted by Crippen LogP contribution is -2.45. The summed E-state index contributed by atoms with van der Waals surface area (Å²) in [5, 5.41) is 6.83. The molecule has 0 bridgehead atoms. The molecule has 1 unspecified atom stereocenters. The van der Waals surface area contributed by atoms with Crippen molar-refractivity contribution in [2.24, 2.45) is 16.5 Å². The molecule has 0 saturated carbocycles. The fraction of sp³-hybridized carbons (Fsp3) is 0.500. The summed E-state index contributed by atoms with van der Waals surface area (Å²) in [7, 11) is 3.72. The highest BCUT2D eigenvalue weighted by Gasteiger charge is 2.24. The number of ether oxygens (including phenoxy) is 1. The topological polar surface area (TPSA) is 101 Å². The molecular formula is C22H33FN6O. The Labute approximate surface area is 178 Å². The number of nitrogens with zero attached hydrogens (tertiary/aromatic N) is 2. The van der Waals surface area contributed by atoms with Crippen molar-refractivity contribution in [3.63, 3.8) is 0 Å². The van der Waals surface area contributed by atoms with E-state index in [4.69, 9.17) is 16.2 Å². The smallest absolute Gasteiger partial charge is 0.146 e. The van der Waals surface area contributed by atoms with Crippen molar-refractivity contribution in [1.29, 1.82) is 0 Å². The van der Waals surface area contributed by atoms with Crippen molar-refractivity contribution in [1.82, 2.24) is 10.2 Å². The van der Waals surface area contributed by atoms with Gasteiger partial charge in [0.05, 0.1) is 11.9 Å². The fourth-order valence-corrected chi connectivity index (χ4v) is 3.89. The molecule has 8 heteroatoms. The molecule has 1 aromatic rings. The van der Waals surface area contributed by atoms with E-state index in [0.717, 1.165) is 51.1 Å². The van der Waals surface area contributed by atoms with Gasteiger partial charge in [-0.2, -0.15) is 0 Å². The summed E-state index contributed by atoms with van der Waals surface area (Å²) < 4.78 is 20.2. The van der Waals surface area contributed by atoms with Crippen LogP contribution in [0.3, 0.4) is 0 Å². The zero-order valence-corrected chi connectivity index (χ0v) is 17.8. The summed E-state index contributed by atoms with van der Waals surface area (Å²) in [6, 6.07) is 5.34. The van der Waals surface area contributed by atoms with Gasteiger partial charge >= 0.3 is 0 Å². The summed E-state index contributed by atoms with van der Waals surface area (Å²) in [4.78, 5) is 6.18. The molecule has 0 aromatic heterocycles. The van der Waals surface area contributed by atoms with E-state index < -0.39 is 6.17 Å². The largest absolute Gasteiger partial charge is 0.404 e. The molecule has 1 aromatic carbocycles. The lowest BCUT2D eigenvalue weighted by Gasteiger charge is -2.35. The number of aliphatic imine (C=N–C) groups is 1. The van der Waals surface area contributed by atoms with E-state index in [-0.39, 0.29) is 5.82 Å². The number of likely N-dealkylation sites (N-methyl/N-ethyl adjacent to an activating group) is 1. The predicted octanol–water partition coefficient (Wildman–Crippen LogP) is 1.88. The Morgan fingerprint density at radius 3 is 2.80 bits per heavy atom. The Kier molecular flexibility index (Phi) is 7.84. The van der Waals surface area contributed by atoms with Crippen LogP contribution >= 0.6 is 0 Å². The number of nitrogens with one attached hydrogen (secondary N) is 2. The number of anilines is 1. The van der Waals surface area contributed by atoms with Crippen LogP contribution in [0, 0.1) is 5.82 Å². The number of allylic oxidation sites excluding steroid dienone is 1. The first kappa shape index (κ1) is 22.3. The molecule has 1 atom stereocenters. The van der Waals surface area contributed by atoms with E-state index in [0.29, 0.717) is 22.9 Å². The first-order valence-corrected chi connectivity index (χ1v) is 10.4. The highest BCUT2D eigenvalue weighted by molar-refractivity contribution is 6.09. The summed E-state index contributed by atoms with van der Waals surface area (Å²) in [6.45, 7) is 3.28. The highest BCUT2D eigenvalue weighted by atomic mass is 19.1. The Bertz CT molecular complexity index is 816. The second-order valence-electron chi connectivity index (χ2n) is 7.85. The highest BCUT2D eigenvalue weighted by Crippen LogP contribution is 2.24. The first-order valence-electron chi connectivity index (χ1n) is 10.4. The monoisotopic (exact) mass is 416 g/mol. The van der Waals surface area contributed by atoms with Gasteiger partial charge in [0, 0.05) is 63.1 Å². The Hall–Kier alpha value is -2.42. The van der Waals surface area contributed by atoms with Crippen LogP contribution in [0.25, 0.3) is 5.57 Å². The van der Waals surface area contributed by atoms with Crippen LogP contribution in [0.2, 0.25) is 0 Å². The number of rotatable bonds is 7. The molecule has 2 aliphatic heterocycles. The van der Waals surface area contributed by atoms with Crippen molar-refractivity contribution >= 4 is 17.5 Å². The quantitative estimate of drug-likeness (QED) is 0.400. The molecule has 2 heterocycles. The van der Waals surface area contributed by atoms with Crippen LogP contribution in [0.4, 0.5) is 10.1 Å². The molecule has 1 saturated heterocycles. The second-order valence-corrected chi connectivity index (χ2v) is 7.85. The van der Waals surface area contributed by atoms with Crippen LogP contribution in [-0.2, 0) is 4.74 Å². The van der Waals surface area contributed by atoms with E-state index in [1.165, 1.54) is 18.0 Å². The van der Waals surface area contributed by atoms with Gasteiger partial charge in [0.25, 0.3) is 0 Å². The molecule has 164 valence electrons. The summed E-state index contributed by atoms with van der Waals surface area (Å²) in [6.07, 6.45) is 5.41. The van der Waals surface area contributed by atoms with Crippen LogP contribution in [0.15, 0.2) is 40.7 Å². The van der Waals surface area contributed by atoms with Crippen LogP contribution < -0.4 is 22.1 Å². The third-order valence-corrected chi connectivity index (χ3v) is 5.61. The Balaban J connectivity index is 1.77. The minimum Gasteiger partial charge on any atom is -0.404 e. The van der Waals surface area contributed by atoms with Gasteiger partial charge in [-0.1, -0.05) is 6.07 Å². The molecular weight excluding hydrogens is 383 g/mol. The Morgan fingerprint density at radius 1 is 1.37 bits per heavy atom. The number of benzene rings is 1. The van der Waals surface area contributed by atoms with Crippen LogP contribution in [0.1, 0.15) is 24.8 Å². The molecule has 0 aliphatic carbocycles. The van der Waals surface area contributed by atoms with E-state index >= 15 is 0 Å². The summed E-state index contributed by atoms with van der Waals surface area (Å²) >= 11 is 0. The zero-order valence-electron chi connectivity index (χ0n) is 17.8. The maximum Gasteiger partial charge on any atom is 0.146 e. The van der Waals surface area contributed by atoms with Crippen LogP contribution in [-0.4, -0.2) is 63.7 Å². The minimum atomic E-state index is -0.489. The third-order valence-electron chi connectivity index (χ3n) is 5.61. The summed E-state index contributed by atoms with van der Waals surface area (Å²) in [5.41, 5.74) is 16.1. The normalized spacial score (nSPS) is 20.6. The van der Waals surface area contributed by atoms with E-state index in [2.05, 4.69) is 27.6 Å². The van der Waals surface area contributed by atoms with Crippen molar-refractivity contribution in [2.45, 2.75) is 31.5 Å². The maximum absolute atomic E-state index is 14.8. The van der Waals surface area contributed by atoms with Gasteiger partial charge in [-0.25, -0.2) is 4.39 Å². The predicted molar refractivity (Wildman–Crippen MR) is 121 cm³/mol. The van der Waals surface area contributed by atoms with Gasteiger partial charge in [-0.3, -0.25) is 4.99 Å².